The van der Waals surface area contributed by atoms with Crippen LogP contribution in [-0.4, -0.2) is 55.2 Å². The average molecular weight is 343 g/mol. The molecule has 9 heteroatoms. The second-order valence-electron chi connectivity index (χ2n) is 6.57. The first-order chi connectivity index (χ1) is 11.9. The van der Waals surface area contributed by atoms with Gasteiger partial charge in [-0.15, -0.1) is 10.2 Å². The van der Waals surface area contributed by atoms with Crippen LogP contribution in [0.15, 0.2) is 10.6 Å². The number of aryl methyl sites for hydroxylation is 1. The van der Waals surface area contributed by atoms with Gasteiger partial charge < -0.3 is 9.42 Å². The molecule has 0 spiro atoms. The summed E-state index contributed by atoms with van der Waals surface area (Å²) in [6.45, 7) is 8.25. The molecule has 1 atom stereocenters. The van der Waals surface area contributed by atoms with Gasteiger partial charge in [0.05, 0.1) is 16.6 Å². The molecule has 0 aliphatic carbocycles. The van der Waals surface area contributed by atoms with Crippen LogP contribution in [0, 0.1) is 6.92 Å². The number of aromatic nitrogens is 6. The Bertz CT molecular complexity index is 885. The number of likely N-dealkylation sites (N-methyl/N-ethyl adjacent to an activating group) is 1. The summed E-state index contributed by atoms with van der Waals surface area (Å²) in [4.78, 5) is 19.0. The molecule has 3 rings (SSSR count). The second kappa shape index (κ2) is 6.58. The summed E-state index contributed by atoms with van der Waals surface area (Å²) in [5, 5.41) is 18.7. The molecule has 0 aromatic carbocycles. The van der Waals surface area contributed by atoms with Crippen LogP contribution in [0.3, 0.4) is 0 Å². The third kappa shape index (κ3) is 3.21. The Hall–Kier alpha value is -2.84. The van der Waals surface area contributed by atoms with Crippen LogP contribution in [0.5, 0.6) is 0 Å². The third-order valence-corrected chi connectivity index (χ3v) is 4.08. The SMILES string of the molecule is Cc1cc(C(=O)N(C)CC(C)c2nn[nH]n2)c2c(C(C)C)noc2n1. The number of fused-ring (bicyclic) bond motifs is 1. The Morgan fingerprint density at radius 2 is 2.12 bits per heavy atom. The van der Waals surface area contributed by atoms with E-state index in [1.807, 2.05) is 27.7 Å². The van der Waals surface area contributed by atoms with Crippen LogP contribution >= 0.6 is 0 Å². The fraction of sp³-hybridized carbons (Fsp3) is 0.500. The van der Waals surface area contributed by atoms with Crippen molar-refractivity contribution in [2.24, 2.45) is 0 Å². The number of pyridine rings is 1. The van der Waals surface area contributed by atoms with E-state index in [1.54, 1.807) is 18.0 Å². The van der Waals surface area contributed by atoms with Crippen LogP contribution < -0.4 is 0 Å². The summed E-state index contributed by atoms with van der Waals surface area (Å²) in [5.74, 6) is 0.540. The van der Waals surface area contributed by atoms with Crippen molar-refractivity contribution in [3.63, 3.8) is 0 Å². The number of carbonyl (C=O) groups is 1. The molecule has 1 unspecified atom stereocenters. The first kappa shape index (κ1) is 17.0. The summed E-state index contributed by atoms with van der Waals surface area (Å²) < 4.78 is 5.34. The van der Waals surface area contributed by atoms with Gasteiger partial charge >= 0.3 is 0 Å². The van der Waals surface area contributed by atoms with Crippen molar-refractivity contribution in [2.45, 2.75) is 39.5 Å². The van der Waals surface area contributed by atoms with E-state index in [0.717, 1.165) is 5.69 Å². The maximum Gasteiger partial charge on any atom is 0.259 e. The Balaban J connectivity index is 1.94. The molecule has 25 heavy (non-hydrogen) atoms. The summed E-state index contributed by atoms with van der Waals surface area (Å²) in [6.07, 6.45) is 0. The highest BCUT2D eigenvalue weighted by molar-refractivity contribution is 6.06. The predicted octanol–water partition coefficient (Wildman–Crippen LogP) is 2.04. The van der Waals surface area contributed by atoms with E-state index in [4.69, 9.17) is 4.52 Å². The van der Waals surface area contributed by atoms with Crippen molar-refractivity contribution in [1.29, 1.82) is 0 Å². The normalized spacial score (nSPS) is 12.7. The summed E-state index contributed by atoms with van der Waals surface area (Å²) in [7, 11) is 1.75. The topological polar surface area (TPSA) is 114 Å². The highest BCUT2D eigenvalue weighted by Gasteiger charge is 2.24. The lowest BCUT2D eigenvalue weighted by atomic mass is 10.0. The molecular formula is C16H21N7O2. The summed E-state index contributed by atoms with van der Waals surface area (Å²) in [5.41, 5.74) is 2.40. The van der Waals surface area contributed by atoms with Crippen LogP contribution in [-0.2, 0) is 0 Å². The maximum atomic E-state index is 13.1. The molecule has 0 saturated heterocycles. The van der Waals surface area contributed by atoms with E-state index < -0.39 is 0 Å². The number of nitrogens with zero attached hydrogens (tertiary/aromatic N) is 6. The summed E-state index contributed by atoms with van der Waals surface area (Å²) in [6, 6.07) is 1.78. The number of aromatic amines is 1. The Labute approximate surface area is 144 Å². The van der Waals surface area contributed by atoms with Gasteiger partial charge in [0.2, 0.25) is 0 Å². The number of nitrogens with one attached hydrogen (secondary N) is 1. The minimum absolute atomic E-state index is 0.0434. The molecule has 3 aromatic heterocycles. The molecule has 0 fully saturated rings. The third-order valence-electron chi connectivity index (χ3n) is 4.08. The maximum absolute atomic E-state index is 13.1. The zero-order valence-corrected chi connectivity index (χ0v) is 14.9. The number of carbonyl (C=O) groups excluding carboxylic acids is 1. The van der Waals surface area contributed by atoms with Gasteiger partial charge in [0.1, 0.15) is 0 Å². The van der Waals surface area contributed by atoms with Gasteiger partial charge in [-0.05, 0) is 18.9 Å². The van der Waals surface area contributed by atoms with Crippen molar-refractivity contribution in [3.8, 4) is 0 Å². The molecule has 3 heterocycles. The first-order valence-electron chi connectivity index (χ1n) is 8.14. The number of hydrogen-bond donors (Lipinski definition) is 1. The van der Waals surface area contributed by atoms with Gasteiger partial charge in [0, 0.05) is 25.2 Å². The van der Waals surface area contributed by atoms with Crippen molar-refractivity contribution in [3.05, 3.63) is 28.8 Å². The minimum Gasteiger partial charge on any atom is -0.341 e. The number of amides is 1. The van der Waals surface area contributed by atoms with Gasteiger partial charge in [0.15, 0.2) is 5.82 Å². The molecule has 1 amide bonds. The van der Waals surface area contributed by atoms with E-state index in [0.29, 0.717) is 34.7 Å². The van der Waals surface area contributed by atoms with Crippen LogP contribution in [0.4, 0.5) is 0 Å². The standard InChI is InChI=1S/C16H21N7O2/c1-8(2)13-12-11(6-10(4)17-15(12)25-20-13)16(24)23(5)7-9(3)14-18-21-22-19-14/h6,8-9H,7H2,1-5H3,(H,18,19,21,22). The Kier molecular flexibility index (Phi) is 4.47. The zero-order valence-electron chi connectivity index (χ0n) is 14.9. The van der Waals surface area contributed by atoms with Gasteiger partial charge in [-0.2, -0.15) is 5.21 Å². The smallest absolute Gasteiger partial charge is 0.259 e. The predicted molar refractivity (Wildman–Crippen MR) is 90.2 cm³/mol. The van der Waals surface area contributed by atoms with Crippen LogP contribution in [0.2, 0.25) is 0 Å². The van der Waals surface area contributed by atoms with Crippen molar-refractivity contribution >= 4 is 17.0 Å². The van der Waals surface area contributed by atoms with E-state index >= 15 is 0 Å². The minimum atomic E-state index is -0.115. The Morgan fingerprint density at radius 3 is 2.76 bits per heavy atom. The highest BCUT2D eigenvalue weighted by Crippen LogP contribution is 2.28. The lowest BCUT2D eigenvalue weighted by Gasteiger charge is -2.20. The van der Waals surface area contributed by atoms with Crippen LogP contribution in [0.25, 0.3) is 11.1 Å². The molecule has 132 valence electrons. The number of hydrogen-bond acceptors (Lipinski definition) is 7. The van der Waals surface area contributed by atoms with Gasteiger partial charge in [-0.1, -0.05) is 31.1 Å². The van der Waals surface area contributed by atoms with Gasteiger partial charge in [-0.25, -0.2) is 4.98 Å². The second-order valence-corrected chi connectivity index (χ2v) is 6.57. The molecule has 0 aliphatic heterocycles. The average Bonchev–Trinajstić information content (AvgIpc) is 3.22. The first-order valence-corrected chi connectivity index (χ1v) is 8.14. The summed E-state index contributed by atoms with van der Waals surface area (Å²) >= 11 is 0. The zero-order chi connectivity index (χ0) is 18.1. The quantitative estimate of drug-likeness (QED) is 0.754. The van der Waals surface area contributed by atoms with Crippen molar-refractivity contribution in [2.75, 3.05) is 13.6 Å². The van der Waals surface area contributed by atoms with E-state index in [1.165, 1.54) is 0 Å². The molecule has 3 aromatic rings. The van der Waals surface area contributed by atoms with Crippen molar-refractivity contribution < 1.29 is 9.32 Å². The fourth-order valence-electron chi connectivity index (χ4n) is 2.82. The van der Waals surface area contributed by atoms with Crippen LogP contribution in [0.1, 0.15) is 60.2 Å². The molecule has 9 nitrogen and oxygen atoms in total. The van der Waals surface area contributed by atoms with E-state index in [9.17, 15) is 4.79 Å². The lowest BCUT2D eigenvalue weighted by Crippen LogP contribution is -2.31. The van der Waals surface area contributed by atoms with E-state index in [2.05, 4.69) is 30.8 Å². The molecule has 0 radical (unpaired) electrons. The fourth-order valence-corrected chi connectivity index (χ4v) is 2.82. The largest absolute Gasteiger partial charge is 0.341 e. The molecule has 1 N–H and O–H groups in total. The number of tetrazole rings is 1. The monoisotopic (exact) mass is 343 g/mol. The molecular weight excluding hydrogens is 322 g/mol. The number of rotatable bonds is 5. The van der Waals surface area contributed by atoms with E-state index in [-0.39, 0.29) is 17.7 Å². The van der Waals surface area contributed by atoms with Crippen molar-refractivity contribution in [1.82, 2.24) is 35.7 Å². The lowest BCUT2D eigenvalue weighted by molar-refractivity contribution is 0.0789. The Morgan fingerprint density at radius 1 is 1.36 bits per heavy atom. The van der Waals surface area contributed by atoms with Gasteiger partial charge in [-0.3, -0.25) is 4.79 Å². The molecule has 0 saturated carbocycles. The molecule has 0 bridgehead atoms. The molecule has 0 aliphatic rings. The number of H-pyrrole nitrogens is 1. The highest BCUT2D eigenvalue weighted by atomic mass is 16.5. The van der Waals surface area contributed by atoms with Gasteiger partial charge in [0.25, 0.3) is 11.6 Å².